The lowest BCUT2D eigenvalue weighted by Crippen LogP contribution is -1.99. The van der Waals surface area contributed by atoms with Crippen LogP contribution in [0.1, 0.15) is 12.5 Å². The van der Waals surface area contributed by atoms with Gasteiger partial charge in [0.15, 0.2) is 11.6 Å². The lowest BCUT2D eigenvalue weighted by Gasteiger charge is -2.10. The van der Waals surface area contributed by atoms with Crippen LogP contribution < -0.4 is 5.32 Å². The third-order valence-corrected chi connectivity index (χ3v) is 2.67. The first-order chi connectivity index (χ1) is 8.20. The number of benzene rings is 1. The van der Waals surface area contributed by atoms with Crippen LogP contribution in [0.25, 0.3) is 0 Å². The first-order valence-electron chi connectivity index (χ1n) is 5.36. The largest absolute Gasteiger partial charge is 0.338 e. The number of aryl methyl sites for hydroxylation is 1. The molecule has 0 aliphatic heterocycles. The summed E-state index contributed by atoms with van der Waals surface area (Å²) in [6.07, 6.45) is 2.29. The Bertz CT molecular complexity index is 529. The van der Waals surface area contributed by atoms with Crippen LogP contribution in [0.2, 0.25) is 5.02 Å². The Kier molecular flexibility index (Phi) is 3.59. The molecule has 0 saturated heterocycles. The molecule has 0 radical (unpaired) electrons. The average Bonchev–Trinajstić information content (AvgIpc) is 2.33. The molecule has 0 saturated carbocycles. The van der Waals surface area contributed by atoms with Gasteiger partial charge in [0.1, 0.15) is 0 Å². The summed E-state index contributed by atoms with van der Waals surface area (Å²) in [6, 6.07) is 8.99. The first-order valence-corrected chi connectivity index (χ1v) is 5.74. The summed E-state index contributed by atoms with van der Waals surface area (Å²) >= 11 is 5.65. The third kappa shape index (κ3) is 2.74. The molecule has 88 valence electrons. The topological polar surface area (TPSA) is 24.9 Å². The molecule has 0 unspecified atom stereocenters. The molecule has 2 aromatic rings. The maximum Gasteiger partial charge on any atom is 0.167 e. The first kappa shape index (κ1) is 11.9. The molecule has 0 amide bonds. The van der Waals surface area contributed by atoms with Gasteiger partial charge in [0, 0.05) is 11.9 Å². The zero-order valence-electron chi connectivity index (χ0n) is 9.37. The molecule has 0 atom stereocenters. The average molecular weight is 251 g/mol. The number of aromatic nitrogens is 1. The maximum absolute atomic E-state index is 13.6. The van der Waals surface area contributed by atoms with Crippen molar-refractivity contribution in [1.82, 2.24) is 4.98 Å². The summed E-state index contributed by atoms with van der Waals surface area (Å²) in [5.41, 5.74) is 1.98. The summed E-state index contributed by atoms with van der Waals surface area (Å²) in [5, 5.41) is 3.26. The highest BCUT2D eigenvalue weighted by atomic mass is 35.5. The van der Waals surface area contributed by atoms with Gasteiger partial charge in [0.05, 0.1) is 5.02 Å². The van der Waals surface area contributed by atoms with Crippen molar-refractivity contribution in [3.05, 3.63) is 52.9 Å². The Labute approximate surface area is 104 Å². The van der Waals surface area contributed by atoms with Crippen molar-refractivity contribution in [2.24, 2.45) is 0 Å². The molecule has 1 heterocycles. The summed E-state index contributed by atoms with van der Waals surface area (Å²) in [5.74, 6) is -0.265. The van der Waals surface area contributed by atoms with Crippen LogP contribution in [-0.4, -0.2) is 4.98 Å². The van der Waals surface area contributed by atoms with Crippen LogP contribution in [0.15, 0.2) is 36.5 Å². The van der Waals surface area contributed by atoms with Gasteiger partial charge in [-0.15, -0.1) is 0 Å². The fourth-order valence-corrected chi connectivity index (χ4v) is 1.73. The SMILES string of the molecule is CCc1ccccc1Nc1ncc(Cl)cc1F. The Hall–Kier alpha value is -1.61. The predicted octanol–water partition coefficient (Wildman–Crippen LogP) is 4.18. The maximum atomic E-state index is 13.6. The Morgan fingerprint density at radius 1 is 1.35 bits per heavy atom. The molecule has 1 aromatic heterocycles. The zero-order valence-corrected chi connectivity index (χ0v) is 10.1. The summed E-state index contributed by atoms with van der Waals surface area (Å²) in [6.45, 7) is 2.05. The van der Waals surface area contributed by atoms with Gasteiger partial charge in [0.2, 0.25) is 0 Å². The lowest BCUT2D eigenvalue weighted by molar-refractivity contribution is 0.626. The number of hydrogen-bond acceptors (Lipinski definition) is 2. The molecule has 0 bridgehead atoms. The third-order valence-electron chi connectivity index (χ3n) is 2.46. The molecule has 1 N–H and O–H groups in total. The highest BCUT2D eigenvalue weighted by Crippen LogP contribution is 2.23. The number of pyridine rings is 1. The molecule has 2 rings (SSSR count). The normalized spacial score (nSPS) is 10.3. The molecule has 0 fully saturated rings. The van der Waals surface area contributed by atoms with Gasteiger partial charge < -0.3 is 5.32 Å². The van der Waals surface area contributed by atoms with E-state index in [0.29, 0.717) is 0 Å². The van der Waals surface area contributed by atoms with E-state index in [9.17, 15) is 4.39 Å². The Balaban J connectivity index is 2.31. The number of hydrogen-bond donors (Lipinski definition) is 1. The molecule has 0 spiro atoms. The lowest BCUT2D eigenvalue weighted by atomic mass is 10.1. The van der Waals surface area contributed by atoms with E-state index in [-0.39, 0.29) is 10.8 Å². The van der Waals surface area contributed by atoms with Crippen molar-refractivity contribution < 1.29 is 4.39 Å². The van der Waals surface area contributed by atoms with Crippen LogP contribution in [0.3, 0.4) is 0 Å². The molecule has 0 aliphatic rings. The quantitative estimate of drug-likeness (QED) is 0.884. The molecule has 0 aliphatic carbocycles. The van der Waals surface area contributed by atoms with E-state index >= 15 is 0 Å². The van der Waals surface area contributed by atoms with E-state index in [1.54, 1.807) is 0 Å². The van der Waals surface area contributed by atoms with Crippen molar-refractivity contribution >= 4 is 23.1 Å². The van der Waals surface area contributed by atoms with Gasteiger partial charge in [-0.05, 0) is 24.1 Å². The standard InChI is InChI=1S/C13H12ClFN2/c1-2-9-5-3-4-6-12(9)17-13-11(15)7-10(14)8-16-13/h3-8H,2H2,1H3,(H,16,17). The summed E-state index contributed by atoms with van der Waals surface area (Å²) < 4.78 is 13.6. The number of para-hydroxylation sites is 1. The van der Waals surface area contributed by atoms with E-state index < -0.39 is 5.82 Å². The van der Waals surface area contributed by atoms with Gasteiger partial charge >= 0.3 is 0 Å². The molecular weight excluding hydrogens is 239 g/mol. The second-order valence-electron chi connectivity index (χ2n) is 3.62. The Morgan fingerprint density at radius 3 is 2.82 bits per heavy atom. The second kappa shape index (κ2) is 5.15. The number of halogens is 2. The van der Waals surface area contributed by atoms with Crippen molar-refractivity contribution in [2.45, 2.75) is 13.3 Å². The van der Waals surface area contributed by atoms with Crippen LogP contribution in [-0.2, 0) is 6.42 Å². The second-order valence-corrected chi connectivity index (χ2v) is 4.06. The minimum atomic E-state index is -0.455. The molecule has 2 nitrogen and oxygen atoms in total. The minimum Gasteiger partial charge on any atom is -0.338 e. The van der Waals surface area contributed by atoms with E-state index in [1.165, 1.54) is 12.3 Å². The van der Waals surface area contributed by atoms with Crippen LogP contribution in [0.4, 0.5) is 15.9 Å². The number of rotatable bonds is 3. The highest BCUT2D eigenvalue weighted by molar-refractivity contribution is 6.30. The van der Waals surface area contributed by atoms with Crippen LogP contribution in [0, 0.1) is 5.82 Å². The monoisotopic (exact) mass is 250 g/mol. The fraction of sp³-hybridized carbons (Fsp3) is 0.154. The Morgan fingerprint density at radius 2 is 2.12 bits per heavy atom. The zero-order chi connectivity index (χ0) is 12.3. The van der Waals surface area contributed by atoms with Crippen molar-refractivity contribution in [1.29, 1.82) is 0 Å². The molecular formula is C13H12ClFN2. The number of nitrogens with zero attached hydrogens (tertiary/aromatic N) is 1. The van der Waals surface area contributed by atoms with E-state index in [2.05, 4.69) is 10.3 Å². The van der Waals surface area contributed by atoms with E-state index in [1.807, 2.05) is 31.2 Å². The smallest absolute Gasteiger partial charge is 0.167 e. The number of nitrogens with one attached hydrogen (secondary N) is 1. The number of anilines is 2. The van der Waals surface area contributed by atoms with Crippen LogP contribution in [0.5, 0.6) is 0 Å². The van der Waals surface area contributed by atoms with Crippen molar-refractivity contribution in [2.75, 3.05) is 5.32 Å². The van der Waals surface area contributed by atoms with Gasteiger partial charge in [-0.25, -0.2) is 9.37 Å². The molecule has 4 heteroatoms. The van der Waals surface area contributed by atoms with Gasteiger partial charge in [-0.3, -0.25) is 0 Å². The summed E-state index contributed by atoms with van der Waals surface area (Å²) in [4.78, 5) is 3.93. The van der Waals surface area contributed by atoms with Gasteiger partial charge in [-0.1, -0.05) is 36.7 Å². The molecule has 17 heavy (non-hydrogen) atoms. The van der Waals surface area contributed by atoms with Crippen LogP contribution >= 0.6 is 11.6 Å². The van der Waals surface area contributed by atoms with Gasteiger partial charge in [0.25, 0.3) is 0 Å². The fourth-order valence-electron chi connectivity index (χ4n) is 1.58. The predicted molar refractivity (Wildman–Crippen MR) is 68.3 cm³/mol. The van der Waals surface area contributed by atoms with Crippen molar-refractivity contribution in [3.8, 4) is 0 Å². The van der Waals surface area contributed by atoms with Gasteiger partial charge in [-0.2, -0.15) is 0 Å². The molecule has 1 aromatic carbocycles. The van der Waals surface area contributed by atoms with E-state index in [0.717, 1.165) is 17.7 Å². The van der Waals surface area contributed by atoms with E-state index in [4.69, 9.17) is 11.6 Å². The van der Waals surface area contributed by atoms with Crippen molar-refractivity contribution in [3.63, 3.8) is 0 Å². The minimum absolute atomic E-state index is 0.190. The summed E-state index contributed by atoms with van der Waals surface area (Å²) in [7, 11) is 0. The highest BCUT2D eigenvalue weighted by Gasteiger charge is 2.06.